The smallest absolute Gasteiger partial charge is 0.319 e. The average Bonchev–Trinajstić information content (AvgIpc) is 2.70. The summed E-state index contributed by atoms with van der Waals surface area (Å²) >= 11 is 0. The van der Waals surface area contributed by atoms with E-state index >= 15 is 0 Å². The first-order chi connectivity index (χ1) is 13.6. The molecule has 0 spiro atoms. The van der Waals surface area contributed by atoms with Crippen LogP contribution in [0.1, 0.15) is 51.9 Å². The number of nitrogens with zero attached hydrogens (tertiary/aromatic N) is 1. The van der Waals surface area contributed by atoms with Crippen molar-refractivity contribution in [2.24, 2.45) is 5.92 Å². The molecular weight excluding hydrogens is 352 g/mol. The van der Waals surface area contributed by atoms with Crippen LogP contribution in [-0.4, -0.2) is 48.6 Å². The maximum Gasteiger partial charge on any atom is 0.319 e. The highest BCUT2D eigenvalue weighted by Crippen LogP contribution is 2.24. The van der Waals surface area contributed by atoms with Crippen molar-refractivity contribution in [2.75, 3.05) is 25.0 Å². The van der Waals surface area contributed by atoms with Crippen LogP contribution in [0.5, 0.6) is 0 Å². The third kappa shape index (κ3) is 6.23. The van der Waals surface area contributed by atoms with Gasteiger partial charge in [-0.3, -0.25) is 9.69 Å². The zero-order chi connectivity index (χ0) is 19.8. The van der Waals surface area contributed by atoms with Gasteiger partial charge in [-0.05, 0) is 50.3 Å². The number of amides is 3. The Balaban J connectivity index is 1.45. The Morgan fingerprint density at radius 2 is 1.79 bits per heavy atom. The fourth-order valence-electron chi connectivity index (χ4n) is 4.37. The number of hydrogen-bond acceptors (Lipinski definition) is 3. The number of carbonyl (C=O) groups is 2. The van der Waals surface area contributed by atoms with E-state index in [1.165, 1.54) is 19.3 Å². The fourth-order valence-corrected chi connectivity index (χ4v) is 4.37. The summed E-state index contributed by atoms with van der Waals surface area (Å²) in [6.07, 6.45) is 8.05. The summed E-state index contributed by atoms with van der Waals surface area (Å²) < 4.78 is 0. The predicted octanol–water partition coefficient (Wildman–Crippen LogP) is 3.36. The Morgan fingerprint density at radius 1 is 1.04 bits per heavy atom. The van der Waals surface area contributed by atoms with Crippen LogP contribution in [0.3, 0.4) is 0 Å². The zero-order valence-electron chi connectivity index (χ0n) is 17.0. The molecule has 0 bridgehead atoms. The van der Waals surface area contributed by atoms with E-state index < -0.39 is 0 Å². The van der Waals surface area contributed by atoms with Gasteiger partial charge >= 0.3 is 6.03 Å². The predicted molar refractivity (Wildman–Crippen MR) is 112 cm³/mol. The number of rotatable bonds is 6. The molecule has 154 valence electrons. The summed E-state index contributed by atoms with van der Waals surface area (Å²) in [6, 6.07) is 9.77. The van der Waals surface area contributed by atoms with Gasteiger partial charge in [-0.25, -0.2) is 4.79 Å². The zero-order valence-corrected chi connectivity index (χ0v) is 17.0. The molecule has 1 aliphatic carbocycles. The van der Waals surface area contributed by atoms with Crippen LogP contribution in [0.15, 0.2) is 30.3 Å². The molecule has 1 aromatic rings. The number of urea groups is 1. The Labute approximate surface area is 168 Å². The van der Waals surface area contributed by atoms with Crippen LogP contribution < -0.4 is 16.0 Å². The lowest BCUT2D eigenvalue weighted by atomic mass is 9.86. The molecule has 6 heteroatoms. The number of likely N-dealkylation sites (tertiary alicyclic amines) is 1. The molecule has 1 saturated heterocycles. The van der Waals surface area contributed by atoms with Gasteiger partial charge in [0.15, 0.2) is 0 Å². The van der Waals surface area contributed by atoms with E-state index in [2.05, 4.69) is 27.8 Å². The van der Waals surface area contributed by atoms with Crippen LogP contribution in [0, 0.1) is 5.92 Å². The molecule has 3 atom stereocenters. The molecule has 3 amide bonds. The average molecular weight is 387 g/mol. The highest BCUT2D eigenvalue weighted by atomic mass is 16.2. The summed E-state index contributed by atoms with van der Waals surface area (Å²) in [6.45, 7) is 4.14. The minimum absolute atomic E-state index is 0.124. The second kappa shape index (κ2) is 10.5. The molecule has 0 aromatic heterocycles. The lowest BCUT2D eigenvalue weighted by Gasteiger charge is -2.36. The van der Waals surface area contributed by atoms with E-state index in [0.29, 0.717) is 25.0 Å². The minimum atomic E-state index is -0.197. The van der Waals surface area contributed by atoms with E-state index in [-0.39, 0.29) is 18.0 Å². The number of para-hydroxylation sites is 1. The van der Waals surface area contributed by atoms with Crippen molar-refractivity contribution in [3.63, 3.8) is 0 Å². The monoisotopic (exact) mass is 386 g/mol. The molecular formula is C22H34N4O2. The van der Waals surface area contributed by atoms with Crippen molar-refractivity contribution in [1.82, 2.24) is 15.5 Å². The minimum Gasteiger partial charge on any atom is -0.352 e. The topological polar surface area (TPSA) is 73.5 Å². The van der Waals surface area contributed by atoms with Gasteiger partial charge in [-0.1, -0.05) is 44.4 Å². The highest BCUT2D eigenvalue weighted by Gasteiger charge is 2.27. The Bertz CT molecular complexity index is 637. The van der Waals surface area contributed by atoms with Crippen molar-refractivity contribution in [1.29, 1.82) is 0 Å². The van der Waals surface area contributed by atoms with Gasteiger partial charge in [0.25, 0.3) is 0 Å². The largest absolute Gasteiger partial charge is 0.352 e. The number of benzene rings is 1. The third-order valence-electron chi connectivity index (χ3n) is 6.08. The molecule has 0 radical (unpaired) electrons. The fraction of sp³-hybridized carbons (Fsp3) is 0.636. The summed E-state index contributed by atoms with van der Waals surface area (Å²) in [5, 5.41) is 9.07. The first-order valence-electron chi connectivity index (χ1n) is 10.7. The standard InChI is InChI=1S/C22H34N4O2/c1-17-9-5-6-13-20(17)25-21(27)16-26-14-8-7-12-19(26)15-23-22(28)24-18-10-3-2-4-11-18/h2-4,10-11,17,19-20H,5-9,12-16H2,1H3,(H,25,27)(H2,23,24,28). The van der Waals surface area contributed by atoms with Gasteiger partial charge in [0.2, 0.25) is 5.91 Å². The van der Waals surface area contributed by atoms with Crippen molar-refractivity contribution < 1.29 is 9.59 Å². The van der Waals surface area contributed by atoms with Crippen LogP contribution in [0.2, 0.25) is 0 Å². The Kier molecular flexibility index (Phi) is 7.71. The quantitative estimate of drug-likeness (QED) is 0.702. The van der Waals surface area contributed by atoms with Crippen molar-refractivity contribution in [3.05, 3.63) is 30.3 Å². The van der Waals surface area contributed by atoms with Gasteiger partial charge in [0.1, 0.15) is 0 Å². The van der Waals surface area contributed by atoms with E-state index in [4.69, 9.17) is 0 Å². The van der Waals surface area contributed by atoms with Crippen LogP contribution in [0.25, 0.3) is 0 Å². The van der Waals surface area contributed by atoms with E-state index in [0.717, 1.165) is 37.9 Å². The maximum atomic E-state index is 12.6. The van der Waals surface area contributed by atoms with Gasteiger partial charge in [0, 0.05) is 24.3 Å². The van der Waals surface area contributed by atoms with Crippen LogP contribution in [0.4, 0.5) is 10.5 Å². The number of hydrogen-bond donors (Lipinski definition) is 3. The molecule has 6 nitrogen and oxygen atoms in total. The molecule has 3 unspecified atom stereocenters. The summed E-state index contributed by atoms with van der Waals surface area (Å²) in [5.74, 6) is 0.692. The molecule has 3 N–H and O–H groups in total. The first kappa shape index (κ1) is 20.6. The molecule has 1 saturated carbocycles. The molecule has 2 fully saturated rings. The maximum absolute atomic E-state index is 12.6. The first-order valence-corrected chi connectivity index (χ1v) is 10.7. The molecule has 1 aromatic carbocycles. The number of piperidine rings is 1. The van der Waals surface area contributed by atoms with Crippen LogP contribution in [-0.2, 0) is 4.79 Å². The summed E-state index contributed by atoms with van der Waals surface area (Å²) in [7, 11) is 0. The lowest BCUT2D eigenvalue weighted by molar-refractivity contribution is -0.124. The molecule has 1 aliphatic heterocycles. The Morgan fingerprint density at radius 3 is 2.57 bits per heavy atom. The number of nitrogens with one attached hydrogen (secondary N) is 3. The molecule has 28 heavy (non-hydrogen) atoms. The van der Waals surface area contributed by atoms with Crippen molar-refractivity contribution in [3.8, 4) is 0 Å². The number of carbonyl (C=O) groups excluding carboxylic acids is 2. The van der Waals surface area contributed by atoms with Gasteiger partial charge in [-0.15, -0.1) is 0 Å². The van der Waals surface area contributed by atoms with E-state index in [1.807, 2.05) is 30.3 Å². The highest BCUT2D eigenvalue weighted by molar-refractivity contribution is 5.89. The molecule has 3 rings (SSSR count). The van der Waals surface area contributed by atoms with Crippen molar-refractivity contribution in [2.45, 2.75) is 64.0 Å². The normalized spacial score (nSPS) is 25.7. The second-order valence-corrected chi connectivity index (χ2v) is 8.26. The molecule has 1 heterocycles. The van der Waals surface area contributed by atoms with Gasteiger partial charge < -0.3 is 16.0 Å². The van der Waals surface area contributed by atoms with E-state index in [1.54, 1.807) is 0 Å². The summed E-state index contributed by atoms with van der Waals surface area (Å²) in [5.41, 5.74) is 0.779. The number of anilines is 1. The molecule has 2 aliphatic rings. The van der Waals surface area contributed by atoms with Gasteiger partial charge in [-0.2, -0.15) is 0 Å². The summed E-state index contributed by atoms with van der Waals surface area (Å²) in [4.78, 5) is 27.0. The van der Waals surface area contributed by atoms with Crippen molar-refractivity contribution >= 4 is 17.6 Å². The second-order valence-electron chi connectivity index (χ2n) is 8.26. The third-order valence-corrected chi connectivity index (χ3v) is 6.08. The Hall–Kier alpha value is -2.08. The lowest BCUT2D eigenvalue weighted by Crippen LogP contribution is -2.52. The van der Waals surface area contributed by atoms with Gasteiger partial charge in [0.05, 0.1) is 6.54 Å². The SMILES string of the molecule is CC1CCCCC1NC(=O)CN1CCCCC1CNC(=O)Nc1ccccc1. The van der Waals surface area contributed by atoms with E-state index in [9.17, 15) is 9.59 Å². The van der Waals surface area contributed by atoms with Crippen LogP contribution >= 0.6 is 0 Å².